The number of aliphatic imine (C=N–C) groups is 2. The number of nitrogens with zero attached hydrogens (tertiary/aromatic N) is 2. The van der Waals surface area contributed by atoms with E-state index in [4.69, 9.17) is 27.3 Å². The zero-order valence-electron chi connectivity index (χ0n) is 10.7. The molecule has 0 aliphatic carbocycles. The number of nitrogens with two attached hydrogens (primary N) is 3. The van der Waals surface area contributed by atoms with Crippen molar-refractivity contribution in [3.05, 3.63) is 23.8 Å². The molecular weight excluding hydrogens is 263 g/mol. The minimum Gasteiger partial charge on any atom is -0.481 e. The van der Waals surface area contributed by atoms with Crippen LogP contribution in [0.5, 0.6) is 0 Å². The number of methoxy groups -OCH3 is 1. The second-order valence-corrected chi connectivity index (χ2v) is 3.69. The summed E-state index contributed by atoms with van der Waals surface area (Å²) < 4.78 is 4.77. The molecule has 0 heterocycles. The van der Waals surface area contributed by atoms with Crippen molar-refractivity contribution in [2.24, 2.45) is 27.2 Å². The second kappa shape index (κ2) is 6.54. The third kappa shape index (κ3) is 3.97. The molecule has 0 saturated carbocycles. The Morgan fingerprint density at radius 1 is 1.30 bits per heavy atom. The molecule has 0 aliphatic rings. The third-order valence-corrected chi connectivity index (χ3v) is 2.25. The average Bonchev–Trinajstić information content (AvgIpc) is 2.36. The van der Waals surface area contributed by atoms with Gasteiger partial charge in [0.05, 0.1) is 12.8 Å². The number of benzene rings is 1. The molecule has 0 amide bonds. The largest absolute Gasteiger partial charge is 0.490 e. The molecular formula is C10H15BN6O3. The predicted molar refractivity (Wildman–Crippen MR) is 77.2 cm³/mol. The second-order valence-electron chi connectivity index (χ2n) is 3.69. The molecule has 9 nitrogen and oxygen atoms in total. The van der Waals surface area contributed by atoms with Crippen LogP contribution in [0.3, 0.4) is 0 Å². The van der Waals surface area contributed by atoms with E-state index in [1.165, 1.54) is 25.3 Å². The van der Waals surface area contributed by atoms with Gasteiger partial charge in [0.25, 0.3) is 0 Å². The summed E-state index contributed by atoms with van der Waals surface area (Å²) in [6, 6.07) is 4.27. The predicted octanol–water partition coefficient (Wildman–Crippen LogP) is -2.44. The minimum atomic E-state index is -1.76. The van der Waals surface area contributed by atoms with Gasteiger partial charge >= 0.3 is 7.12 Å². The van der Waals surface area contributed by atoms with Crippen LogP contribution >= 0.6 is 0 Å². The lowest BCUT2D eigenvalue weighted by atomic mass is 9.78. The van der Waals surface area contributed by atoms with E-state index in [2.05, 4.69) is 9.98 Å². The van der Waals surface area contributed by atoms with Crippen LogP contribution in [0, 0.1) is 5.41 Å². The Morgan fingerprint density at radius 2 is 1.95 bits per heavy atom. The van der Waals surface area contributed by atoms with Gasteiger partial charge in [0.1, 0.15) is 0 Å². The lowest BCUT2D eigenvalue weighted by Crippen LogP contribution is -2.31. The molecule has 0 spiro atoms. The molecule has 0 bridgehead atoms. The highest BCUT2D eigenvalue weighted by Gasteiger charge is 2.17. The van der Waals surface area contributed by atoms with E-state index < -0.39 is 7.12 Å². The van der Waals surface area contributed by atoms with Gasteiger partial charge in [-0.15, -0.1) is 0 Å². The van der Waals surface area contributed by atoms with E-state index in [1.807, 2.05) is 0 Å². The average molecular weight is 278 g/mol. The molecule has 1 rings (SSSR count). The molecule has 0 atom stereocenters. The Morgan fingerprint density at radius 3 is 2.45 bits per heavy atom. The summed E-state index contributed by atoms with van der Waals surface area (Å²) in [6.45, 7) is 0. The maximum atomic E-state index is 9.26. The van der Waals surface area contributed by atoms with Crippen molar-refractivity contribution >= 4 is 36.1 Å². The summed E-state index contributed by atoms with van der Waals surface area (Å²) in [7, 11) is -0.417. The zero-order valence-corrected chi connectivity index (χ0v) is 10.7. The normalized spacial score (nSPS) is 10.8. The number of nitrogens with one attached hydrogen (secondary N) is 1. The fourth-order valence-electron chi connectivity index (χ4n) is 1.40. The molecule has 0 radical (unpaired) electrons. The van der Waals surface area contributed by atoms with Crippen LogP contribution < -0.4 is 22.7 Å². The van der Waals surface area contributed by atoms with E-state index in [0.29, 0.717) is 5.56 Å². The van der Waals surface area contributed by atoms with Crippen LogP contribution in [0.25, 0.3) is 0 Å². The van der Waals surface area contributed by atoms with E-state index >= 15 is 0 Å². The minimum absolute atomic E-state index is 0.0893. The SMILES string of the molecule is COC(=N)c1ccc(B(O)O)c(N=C(N)N=C(N)N)c1. The highest BCUT2D eigenvalue weighted by molar-refractivity contribution is 6.60. The monoisotopic (exact) mass is 278 g/mol. The van der Waals surface area contributed by atoms with Gasteiger partial charge in [0.2, 0.25) is 11.9 Å². The summed E-state index contributed by atoms with van der Waals surface area (Å²) in [5, 5.41) is 26.1. The van der Waals surface area contributed by atoms with Crippen molar-refractivity contribution in [3.8, 4) is 0 Å². The molecule has 0 aromatic heterocycles. The fraction of sp³-hybridized carbons (Fsp3) is 0.100. The van der Waals surface area contributed by atoms with Crippen LogP contribution in [0.4, 0.5) is 5.69 Å². The molecule has 1 aromatic carbocycles. The first-order valence-electron chi connectivity index (χ1n) is 5.42. The van der Waals surface area contributed by atoms with Crippen LogP contribution in [0.2, 0.25) is 0 Å². The Hall–Kier alpha value is -2.59. The zero-order chi connectivity index (χ0) is 15.3. The van der Waals surface area contributed by atoms with E-state index in [1.54, 1.807) is 0 Å². The van der Waals surface area contributed by atoms with Crippen molar-refractivity contribution in [1.29, 1.82) is 5.41 Å². The first-order valence-corrected chi connectivity index (χ1v) is 5.42. The van der Waals surface area contributed by atoms with E-state index in [-0.39, 0.29) is 29.0 Å². The lowest BCUT2D eigenvalue weighted by molar-refractivity contribution is 0.401. The van der Waals surface area contributed by atoms with Crippen molar-refractivity contribution in [2.75, 3.05) is 7.11 Å². The van der Waals surface area contributed by atoms with Gasteiger partial charge < -0.3 is 32.0 Å². The first kappa shape index (κ1) is 15.5. The van der Waals surface area contributed by atoms with Gasteiger partial charge in [-0.2, -0.15) is 4.99 Å². The lowest BCUT2D eigenvalue weighted by Gasteiger charge is -2.08. The van der Waals surface area contributed by atoms with Gasteiger partial charge in [-0.3, -0.25) is 5.41 Å². The third-order valence-electron chi connectivity index (χ3n) is 2.25. The summed E-state index contributed by atoms with van der Waals surface area (Å²) in [5.41, 5.74) is 16.4. The smallest absolute Gasteiger partial charge is 0.481 e. The summed E-state index contributed by atoms with van der Waals surface area (Å²) in [5.74, 6) is -0.646. The van der Waals surface area contributed by atoms with Crippen LogP contribution in [0.15, 0.2) is 28.2 Å². The quantitative estimate of drug-likeness (QED) is 0.203. The number of ether oxygens (including phenoxy) is 1. The molecule has 0 fully saturated rings. The van der Waals surface area contributed by atoms with Crippen LogP contribution in [0.1, 0.15) is 5.56 Å². The molecule has 0 unspecified atom stereocenters. The van der Waals surface area contributed by atoms with Crippen molar-refractivity contribution in [3.63, 3.8) is 0 Å². The fourth-order valence-corrected chi connectivity index (χ4v) is 1.40. The van der Waals surface area contributed by atoms with Gasteiger partial charge in [-0.1, -0.05) is 6.07 Å². The molecule has 106 valence electrons. The Balaban J connectivity index is 3.32. The Labute approximate surface area is 115 Å². The van der Waals surface area contributed by atoms with E-state index in [9.17, 15) is 10.0 Å². The number of hydrogen-bond donors (Lipinski definition) is 6. The van der Waals surface area contributed by atoms with E-state index in [0.717, 1.165) is 0 Å². The Bertz CT molecular complexity index is 568. The molecule has 20 heavy (non-hydrogen) atoms. The summed E-state index contributed by atoms with van der Waals surface area (Å²) in [6.07, 6.45) is 0. The van der Waals surface area contributed by atoms with Crippen molar-refractivity contribution in [1.82, 2.24) is 0 Å². The number of guanidine groups is 2. The number of rotatable bonds is 3. The molecule has 0 saturated heterocycles. The first-order chi connectivity index (χ1) is 9.35. The highest BCUT2D eigenvalue weighted by atomic mass is 16.5. The van der Waals surface area contributed by atoms with Crippen molar-refractivity contribution < 1.29 is 14.8 Å². The molecule has 10 heteroatoms. The summed E-state index contributed by atoms with van der Waals surface area (Å²) >= 11 is 0. The molecule has 1 aromatic rings. The molecule has 9 N–H and O–H groups in total. The van der Waals surface area contributed by atoms with Gasteiger partial charge in [0, 0.05) is 11.0 Å². The van der Waals surface area contributed by atoms with Gasteiger partial charge in [0.15, 0.2) is 5.96 Å². The standard InChI is InChI=1S/C10H15BN6O3/c1-20-8(12)5-2-3-6(11(18)19)7(4-5)16-10(15)17-9(13)14/h2-4,12,18-19H,1H3,(H6,13,14,15,16,17). The van der Waals surface area contributed by atoms with Crippen molar-refractivity contribution in [2.45, 2.75) is 0 Å². The van der Waals surface area contributed by atoms with Gasteiger partial charge in [-0.25, -0.2) is 4.99 Å². The highest BCUT2D eigenvalue weighted by Crippen LogP contribution is 2.13. The van der Waals surface area contributed by atoms with Crippen LogP contribution in [-0.2, 0) is 4.74 Å². The van der Waals surface area contributed by atoms with Gasteiger partial charge in [-0.05, 0) is 12.1 Å². The molecule has 0 aliphatic heterocycles. The maximum Gasteiger partial charge on any atom is 0.490 e. The number of hydrogen-bond acceptors (Lipinski definition) is 5. The topological polar surface area (TPSA) is 176 Å². The Kier molecular flexibility index (Phi) is 5.06. The maximum absolute atomic E-state index is 9.26. The van der Waals surface area contributed by atoms with Crippen LogP contribution in [-0.4, -0.2) is 42.1 Å². The summed E-state index contributed by atoms with van der Waals surface area (Å²) in [4.78, 5) is 7.39.